The summed E-state index contributed by atoms with van der Waals surface area (Å²) in [4.78, 5) is 17.2. The second-order valence-corrected chi connectivity index (χ2v) is 6.91. The van der Waals surface area contributed by atoms with Crippen molar-refractivity contribution in [3.05, 3.63) is 52.6 Å². The third-order valence-corrected chi connectivity index (χ3v) is 4.67. The zero-order valence-electron chi connectivity index (χ0n) is 16.4. The van der Waals surface area contributed by atoms with Crippen molar-refractivity contribution in [3.63, 3.8) is 0 Å². The molecule has 0 radical (unpaired) electrons. The highest BCUT2D eigenvalue weighted by Gasteiger charge is 2.35. The van der Waals surface area contributed by atoms with Crippen molar-refractivity contribution in [2.75, 3.05) is 14.2 Å². The number of hydrogen-bond acceptors (Lipinski definition) is 5. The van der Waals surface area contributed by atoms with Crippen molar-refractivity contribution in [1.29, 1.82) is 0 Å². The number of allylic oxidation sites excluding steroid dienone is 2. The first kappa shape index (κ1) is 19.8. The van der Waals surface area contributed by atoms with Gasteiger partial charge in [0.1, 0.15) is 18.5 Å². The summed E-state index contributed by atoms with van der Waals surface area (Å²) in [6, 6.07) is 9.65. The summed E-state index contributed by atoms with van der Waals surface area (Å²) in [5, 5.41) is 3.95. The van der Waals surface area contributed by atoms with E-state index in [1.54, 1.807) is 0 Å². The van der Waals surface area contributed by atoms with E-state index in [-0.39, 0.29) is 5.71 Å². The molecule has 140 valence electrons. The molecule has 0 aromatic heterocycles. The number of benzene rings is 1. The lowest BCUT2D eigenvalue weighted by molar-refractivity contribution is -0.132. The predicted molar refractivity (Wildman–Crippen MR) is 102 cm³/mol. The minimum absolute atomic E-state index is 0.196. The number of hydrogen-bond donors (Lipinski definition) is 0. The number of carbonyl (C=O) groups is 1. The number of ether oxygens (including phenoxy) is 2. The van der Waals surface area contributed by atoms with Crippen LogP contribution in [0, 0.1) is 0 Å². The molecule has 2 rings (SSSR count). The Morgan fingerprint density at radius 1 is 1.04 bits per heavy atom. The summed E-state index contributed by atoms with van der Waals surface area (Å²) in [6.07, 6.45) is 1.32. The van der Waals surface area contributed by atoms with Crippen molar-refractivity contribution < 1.29 is 19.1 Å². The number of rotatable bonds is 6. The number of oxime groups is 1. The molecule has 0 spiro atoms. The van der Waals surface area contributed by atoms with Crippen molar-refractivity contribution in [2.24, 2.45) is 5.16 Å². The normalized spacial score (nSPS) is 15.8. The molecular weight excluding hydrogens is 330 g/mol. The van der Waals surface area contributed by atoms with Crippen LogP contribution in [0.1, 0.15) is 40.5 Å². The average Bonchev–Trinajstić information content (AvgIpc) is 2.61. The minimum Gasteiger partial charge on any atom is -0.483 e. The molecule has 1 aliphatic carbocycles. The van der Waals surface area contributed by atoms with Crippen LogP contribution in [0.15, 0.2) is 57.8 Å². The van der Waals surface area contributed by atoms with Crippen LogP contribution in [-0.2, 0) is 14.4 Å². The van der Waals surface area contributed by atoms with Crippen LogP contribution >= 0.6 is 0 Å². The molecular formula is C21H27NO4. The van der Waals surface area contributed by atoms with Gasteiger partial charge in [-0.05, 0) is 63.8 Å². The Labute approximate surface area is 155 Å². The van der Waals surface area contributed by atoms with Gasteiger partial charge < -0.3 is 14.3 Å². The van der Waals surface area contributed by atoms with Crippen LogP contribution in [0.4, 0.5) is 0 Å². The quantitative estimate of drug-likeness (QED) is 0.327. The van der Waals surface area contributed by atoms with Gasteiger partial charge in [0.2, 0.25) is 0 Å². The minimum atomic E-state index is -0.624. The van der Waals surface area contributed by atoms with Gasteiger partial charge in [-0.3, -0.25) is 0 Å². The lowest BCUT2D eigenvalue weighted by atomic mass is 9.78. The first-order valence-electron chi connectivity index (χ1n) is 8.61. The van der Waals surface area contributed by atoms with Crippen molar-refractivity contribution in [1.82, 2.24) is 0 Å². The third kappa shape index (κ3) is 4.34. The largest absolute Gasteiger partial charge is 0.483 e. The highest BCUT2D eigenvalue weighted by atomic mass is 16.6. The Morgan fingerprint density at radius 2 is 1.65 bits per heavy atom. The molecule has 1 aromatic carbocycles. The molecule has 0 aliphatic heterocycles. The Morgan fingerprint density at radius 3 is 2.23 bits per heavy atom. The molecule has 5 nitrogen and oxygen atoms in total. The van der Waals surface area contributed by atoms with Crippen LogP contribution in [0.25, 0.3) is 0 Å². The van der Waals surface area contributed by atoms with Gasteiger partial charge in [-0.2, -0.15) is 0 Å². The van der Waals surface area contributed by atoms with Gasteiger partial charge in [0.05, 0.1) is 7.11 Å². The number of nitrogens with zero attached hydrogens (tertiary/aromatic N) is 1. The van der Waals surface area contributed by atoms with E-state index in [0.29, 0.717) is 12.8 Å². The van der Waals surface area contributed by atoms with Crippen LogP contribution in [0.5, 0.6) is 5.75 Å². The second kappa shape index (κ2) is 8.21. The van der Waals surface area contributed by atoms with Crippen LogP contribution < -0.4 is 4.74 Å². The lowest BCUT2D eigenvalue weighted by Gasteiger charge is -2.35. The number of carbonyl (C=O) groups excluding carboxylic acids is 1. The summed E-state index contributed by atoms with van der Waals surface area (Å²) in [6.45, 7) is 8.19. The molecule has 26 heavy (non-hydrogen) atoms. The summed E-state index contributed by atoms with van der Waals surface area (Å²) >= 11 is 0. The maximum atomic E-state index is 12.3. The van der Waals surface area contributed by atoms with Crippen LogP contribution in [0.3, 0.4) is 0 Å². The van der Waals surface area contributed by atoms with Gasteiger partial charge in [0.15, 0.2) is 5.71 Å². The molecule has 0 bridgehead atoms. The molecule has 0 fully saturated rings. The molecule has 0 saturated heterocycles. The maximum absolute atomic E-state index is 12.3. The van der Waals surface area contributed by atoms with Gasteiger partial charge in [-0.25, -0.2) is 4.79 Å². The van der Waals surface area contributed by atoms with Crippen molar-refractivity contribution >= 4 is 11.7 Å². The summed E-state index contributed by atoms with van der Waals surface area (Å²) in [7, 11) is 2.77. The molecule has 5 heteroatoms. The Kier molecular flexibility index (Phi) is 6.24. The van der Waals surface area contributed by atoms with Gasteiger partial charge in [0.25, 0.3) is 0 Å². The lowest BCUT2D eigenvalue weighted by Crippen LogP contribution is -2.35. The topological polar surface area (TPSA) is 57.1 Å². The van der Waals surface area contributed by atoms with Gasteiger partial charge >= 0.3 is 5.97 Å². The van der Waals surface area contributed by atoms with E-state index in [9.17, 15) is 4.79 Å². The highest BCUT2D eigenvalue weighted by Crippen LogP contribution is 2.38. The van der Waals surface area contributed by atoms with Gasteiger partial charge in [-0.15, -0.1) is 0 Å². The predicted octanol–water partition coefficient (Wildman–Crippen LogP) is 4.45. The standard InChI is InChI=1S/C21H27NO4/c1-14-12-17(19(22-25-6)20(23)24-5)18(13-15(14)2)21(3,4)26-16-10-8-7-9-11-16/h7-11H,12-13H2,1-6H3/b22-19-. The van der Waals surface area contributed by atoms with E-state index in [0.717, 1.165) is 16.9 Å². The molecule has 1 aromatic rings. The summed E-state index contributed by atoms with van der Waals surface area (Å²) in [5.74, 6) is 0.263. The van der Waals surface area contributed by atoms with Crippen LogP contribution in [0.2, 0.25) is 0 Å². The zero-order chi connectivity index (χ0) is 19.3. The van der Waals surface area contributed by atoms with Gasteiger partial charge in [0, 0.05) is 0 Å². The highest BCUT2D eigenvalue weighted by molar-refractivity contribution is 6.43. The van der Waals surface area contributed by atoms with E-state index in [1.165, 1.54) is 25.4 Å². The van der Waals surface area contributed by atoms with Crippen LogP contribution in [-0.4, -0.2) is 31.5 Å². The smallest absolute Gasteiger partial charge is 0.360 e. The number of esters is 1. The van der Waals surface area contributed by atoms with E-state index >= 15 is 0 Å². The van der Waals surface area contributed by atoms with E-state index < -0.39 is 11.6 Å². The molecule has 0 atom stereocenters. The fraction of sp³-hybridized carbons (Fsp3) is 0.429. The van der Waals surface area contributed by atoms with E-state index in [2.05, 4.69) is 19.0 Å². The third-order valence-electron chi connectivity index (χ3n) is 4.67. The van der Waals surface area contributed by atoms with Gasteiger partial charge in [-0.1, -0.05) is 34.5 Å². The monoisotopic (exact) mass is 357 g/mol. The molecule has 0 amide bonds. The molecule has 1 aliphatic rings. The first-order chi connectivity index (χ1) is 12.3. The molecule has 0 saturated carbocycles. The fourth-order valence-corrected chi connectivity index (χ4v) is 3.10. The summed E-state index contributed by atoms with van der Waals surface area (Å²) in [5.41, 5.74) is 3.87. The summed E-state index contributed by atoms with van der Waals surface area (Å²) < 4.78 is 11.2. The Hall–Kier alpha value is -2.56. The molecule has 0 unspecified atom stereocenters. The fourth-order valence-electron chi connectivity index (χ4n) is 3.10. The van der Waals surface area contributed by atoms with E-state index in [4.69, 9.17) is 14.3 Å². The SMILES string of the molecule is CO/N=C(\C(=O)OC)C1=C(C(C)(C)Oc2ccccc2)CC(C)=C(C)C1. The number of methoxy groups -OCH3 is 1. The first-order valence-corrected chi connectivity index (χ1v) is 8.61. The zero-order valence-corrected chi connectivity index (χ0v) is 16.4. The number of para-hydroxylation sites is 1. The maximum Gasteiger partial charge on any atom is 0.360 e. The van der Waals surface area contributed by atoms with E-state index in [1.807, 2.05) is 44.2 Å². The van der Waals surface area contributed by atoms with Crippen molar-refractivity contribution in [3.8, 4) is 5.75 Å². The Bertz CT molecular complexity index is 757. The molecule has 0 heterocycles. The second-order valence-electron chi connectivity index (χ2n) is 6.91. The Balaban J connectivity index is 2.53. The molecule has 0 N–H and O–H groups in total. The van der Waals surface area contributed by atoms with Crippen molar-refractivity contribution in [2.45, 2.75) is 46.1 Å². The average molecular weight is 357 g/mol.